The molecular formula is C14H18ClN3. The van der Waals surface area contributed by atoms with Gasteiger partial charge in [-0.25, -0.2) is 4.98 Å². The number of aromatic amines is 1. The van der Waals surface area contributed by atoms with Gasteiger partial charge in [-0.15, -0.1) is 0 Å². The topological polar surface area (TPSA) is 40.7 Å². The van der Waals surface area contributed by atoms with Gasteiger partial charge < -0.3 is 10.3 Å². The summed E-state index contributed by atoms with van der Waals surface area (Å²) >= 11 is 6.27. The van der Waals surface area contributed by atoms with Crippen molar-refractivity contribution in [3.05, 3.63) is 23.5 Å². The molecule has 0 unspecified atom stereocenters. The summed E-state index contributed by atoms with van der Waals surface area (Å²) in [5.41, 5.74) is 1.92. The first-order valence-corrected chi connectivity index (χ1v) is 7.00. The second kappa shape index (κ2) is 4.81. The Labute approximate surface area is 112 Å². The number of rotatable bonds is 2. The molecule has 2 aromatic heterocycles. The van der Waals surface area contributed by atoms with Crippen molar-refractivity contribution in [2.45, 2.75) is 38.6 Å². The Bertz CT molecular complexity index is 541. The van der Waals surface area contributed by atoms with E-state index in [2.05, 4.69) is 22.2 Å². The Hall–Kier alpha value is -1.22. The molecule has 2 heterocycles. The molecule has 18 heavy (non-hydrogen) atoms. The highest BCUT2D eigenvalue weighted by Gasteiger charge is 2.19. The molecule has 0 saturated heterocycles. The van der Waals surface area contributed by atoms with Gasteiger partial charge in [-0.1, -0.05) is 18.5 Å². The van der Waals surface area contributed by atoms with Gasteiger partial charge in [0.05, 0.1) is 16.9 Å². The molecule has 1 aliphatic carbocycles. The lowest BCUT2D eigenvalue weighted by molar-refractivity contribution is 0.361. The lowest BCUT2D eigenvalue weighted by atomic mass is 9.87. The summed E-state index contributed by atoms with van der Waals surface area (Å²) in [6, 6.07) is 2.57. The van der Waals surface area contributed by atoms with Gasteiger partial charge in [0.2, 0.25) is 0 Å². The predicted octanol–water partition coefficient (Wildman–Crippen LogP) is 4.21. The minimum atomic E-state index is 0.541. The van der Waals surface area contributed by atoms with Crippen LogP contribution in [0.5, 0.6) is 0 Å². The summed E-state index contributed by atoms with van der Waals surface area (Å²) in [6.45, 7) is 2.33. The number of aromatic nitrogens is 2. The molecule has 0 bridgehead atoms. The molecule has 0 amide bonds. The van der Waals surface area contributed by atoms with E-state index in [9.17, 15) is 0 Å². The second-order valence-corrected chi connectivity index (χ2v) is 5.73. The number of fused-ring (bicyclic) bond motifs is 1. The van der Waals surface area contributed by atoms with Crippen LogP contribution in [-0.4, -0.2) is 16.0 Å². The Morgan fingerprint density at radius 2 is 2.11 bits per heavy atom. The second-order valence-electron chi connectivity index (χ2n) is 5.32. The van der Waals surface area contributed by atoms with Crippen LogP contribution in [0.3, 0.4) is 0 Å². The molecule has 0 aliphatic heterocycles. The normalized spacial score (nSPS) is 24.3. The lowest BCUT2D eigenvalue weighted by Gasteiger charge is -2.28. The third kappa shape index (κ3) is 2.19. The van der Waals surface area contributed by atoms with Crippen LogP contribution < -0.4 is 5.32 Å². The van der Waals surface area contributed by atoms with Crippen molar-refractivity contribution in [2.24, 2.45) is 5.92 Å². The van der Waals surface area contributed by atoms with Crippen molar-refractivity contribution in [1.29, 1.82) is 0 Å². The van der Waals surface area contributed by atoms with Crippen LogP contribution in [0.25, 0.3) is 11.0 Å². The lowest BCUT2D eigenvalue weighted by Crippen LogP contribution is -2.25. The zero-order valence-corrected chi connectivity index (χ0v) is 11.3. The van der Waals surface area contributed by atoms with Crippen molar-refractivity contribution in [3.8, 4) is 0 Å². The average molecular weight is 264 g/mol. The number of H-pyrrole nitrogens is 1. The summed E-state index contributed by atoms with van der Waals surface area (Å²) < 4.78 is 0. The highest BCUT2D eigenvalue weighted by molar-refractivity contribution is 6.34. The maximum atomic E-state index is 6.27. The van der Waals surface area contributed by atoms with Gasteiger partial charge in [0, 0.05) is 17.6 Å². The van der Waals surface area contributed by atoms with E-state index < -0.39 is 0 Å². The fourth-order valence-corrected chi connectivity index (χ4v) is 2.94. The SMILES string of the molecule is CC1CCC(Nc2c(Cl)cnc3[nH]ccc23)CC1. The first-order chi connectivity index (χ1) is 8.74. The maximum absolute atomic E-state index is 6.27. The Balaban J connectivity index is 1.85. The zero-order chi connectivity index (χ0) is 12.5. The highest BCUT2D eigenvalue weighted by atomic mass is 35.5. The molecule has 0 spiro atoms. The summed E-state index contributed by atoms with van der Waals surface area (Å²) in [5.74, 6) is 0.864. The number of halogens is 1. The van der Waals surface area contributed by atoms with E-state index in [0.717, 1.165) is 22.6 Å². The molecule has 3 nitrogen and oxygen atoms in total. The molecule has 96 valence electrons. The first-order valence-electron chi connectivity index (χ1n) is 6.62. The molecule has 3 rings (SSSR count). The maximum Gasteiger partial charge on any atom is 0.139 e. The van der Waals surface area contributed by atoms with Crippen molar-refractivity contribution in [2.75, 3.05) is 5.32 Å². The minimum Gasteiger partial charge on any atom is -0.380 e. The van der Waals surface area contributed by atoms with Gasteiger partial charge in [-0.2, -0.15) is 0 Å². The van der Waals surface area contributed by atoms with Crippen molar-refractivity contribution in [1.82, 2.24) is 9.97 Å². The summed E-state index contributed by atoms with van der Waals surface area (Å²) in [6.07, 6.45) is 8.68. The number of nitrogens with zero attached hydrogens (tertiary/aromatic N) is 1. The summed E-state index contributed by atoms with van der Waals surface area (Å²) in [5, 5.41) is 5.40. The molecule has 0 aromatic carbocycles. The van der Waals surface area contributed by atoms with Crippen LogP contribution in [0.2, 0.25) is 5.02 Å². The number of hydrogen-bond acceptors (Lipinski definition) is 2. The third-order valence-electron chi connectivity index (χ3n) is 3.90. The Morgan fingerprint density at radius 3 is 2.89 bits per heavy atom. The van der Waals surface area contributed by atoms with Crippen LogP contribution in [-0.2, 0) is 0 Å². The van der Waals surface area contributed by atoms with Crippen LogP contribution in [0, 0.1) is 5.92 Å². The largest absolute Gasteiger partial charge is 0.380 e. The van der Waals surface area contributed by atoms with Crippen molar-refractivity contribution >= 4 is 28.3 Å². The molecule has 1 saturated carbocycles. The number of pyridine rings is 1. The molecular weight excluding hydrogens is 246 g/mol. The van der Waals surface area contributed by atoms with E-state index in [1.807, 2.05) is 12.3 Å². The van der Waals surface area contributed by atoms with E-state index in [4.69, 9.17) is 11.6 Å². The predicted molar refractivity (Wildman–Crippen MR) is 76.1 cm³/mol. The molecule has 2 N–H and O–H groups in total. The number of anilines is 1. The monoisotopic (exact) mass is 263 g/mol. The fraction of sp³-hybridized carbons (Fsp3) is 0.500. The van der Waals surface area contributed by atoms with E-state index in [1.165, 1.54) is 25.7 Å². The molecule has 1 fully saturated rings. The zero-order valence-electron chi connectivity index (χ0n) is 10.5. The standard InChI is InChI=1S/C14H18ClN3/c1-9-2-4-10(5-3-9)18-13-11-6-7-16-14(11)17-8-12(13)15/h6-10H,2-5H2,1H3,(H2,16,17,18). The Kier molecular flexibility index (Phi) is 3.16. The van der Waals surface area contributed by atoms with Crippen LogP contribution in [0.15, 0.2) is 18.5 Å². The number of nitrogens with one attached hydrogen (secondary N) is 2. The van der Waals surface area contributed by atoms with Crippen LogP contribution in [0.1, 0.15) is 32.6 Å². The van der Waals surface area contributed by atoms with Crippen LogP contribution >= 0.6 is 11.6 Å². The van der Waals surface area contributed by atoms with Crippen molar-refractivity contribution < 1.29 is 0 Å². The quantitative estimate of drug-likeness (QED) is 0.852. The van der Waals surface area contributed by atoms with E-state index >= 15 is 0 Å². The van der Waals surface area contributed by atoms with Gasteiger partial charge in [-0.05, 0) is 37.7 Å². The number of hydrogen-bond donors (Lipinski definition) is 2. The van der Waals surface area contributed by atoms with Gasteiger partial charge in [0.15, 0.2) is 0 Å². The highest BCUT2D eigenvalue weighted by Crippen LogP contribution is 2.32. The molecule has 2 aromatic rings. The Morgan fingerprint density at radius 1 is 1.33 bits per heavy atom. The summed E-state index contributed by atoms with van der Waals surface area (Å²) in [4.78, 5) is 7.40. The van der Waals surface area contributed by atoms with Gasteiger partial charge in [0.1, 0.15) is 5.65 Å². The minimum absolute atomic E-state index is 0.541. The smallest absolute Gasteiger partial charge is 0.139 e. The van der Waals surface area contributed by atoms with Crippen molar-refractivity contribution in [3.63, 3.8) is 0 Å². The first kappa shape index (κ1) is 11.8. The average Bonchev–Trinajstić information content (AvgIpc) is 2.84. The van der Waals surface area contributed by atoms with E-state index in [1.54, 1.807) is 6.20 Å². The van der Waals surface area contributed by atoms with Gasteiger partial charge in [0.25, 0.3) is 0 Å². The molecule has 0 radical (unpaired) electrons. The van der Waals surface area contributed by atoms with E-state index in [-0.39, 0.29) is 0 Å². The summed E-state index contributed by atoms with van der Waals surface area (Å²) in [7, 11) is 0. The third-order valence-corrected chi connectivity index (χ3v) is 4.19. The van der Waals surface area contributed by atoms with Gasteiger partial charge in [-0.3, -0.25) is 0 Å². The fourth-order valence-electron chi connectivity index (χ4n) is 2.74. The molecule has 0 atom stereocenters. The van der Waals surface area contributed by atoms with Crippen LogP contribution in [0.4, 0.5) is 5.69 Å². The van der Waals surface area contributed by atoms with E-state index in [0.29, 0.717) is 11.1 Å². The molecule has 4 heteroatoms. The molecule has 1 aliphatic rings. The van der Waals surface area contributed by atoms with Gasteiger partial charge >= 0.3 is 0 Å².